The normalized spacial score (nSPS) is 17.4. The summed E-state index contributed by atoms with van der Waals surface area (Å²) in [5.74, 6) is 0.402. The minimum atomic E-state index is -0.345. The van der Waals surface area contributed by atoms with Crippen molar-refractivity contribution < 1.29 is 14.3 Å². The van der Waals surface area contributed by atoms with E-state index in [2.05, 4.69) is 20.9 Å². The molecule has 0 aromatic rings. The zero-order chi connectivity index (χ0) is 14.3. The number of rotatable bonds is 6. The van der Waals surface area contributed by atoms with Crippen LogP contribution in [0, 0.1) is 0 Å². The number of carbonyl (C=O) groups is 2. The second-order valence-electron chi connectivity index (χ2n) is 4.20. The highest BCUT2D eigenvalue weighted by atomic mass is 16.5. The van der Waals surface area contributed by atoms with Crippen LogP contribution in [0.5, 0.6) is 0 Å². The van der Waals surface area contributed by atoms with Crippen molar-refractivity contribution >= 4 is 17.9 Å². The van der Waals surface area contributed by atoms with E-state index in [4.69, 9.17) is 4.74 Å². The SMILES string of the molecule is CN=C(NCCN1C(=O)CNC1=O)NC(C)COC. The summed E-state index contributed by atoms with van der Waals surface area (Å²) < 4.78 is 5.01. The highest BCUT2D eigenvalue weighted by Gasteiger charge is 2.27. The Balaban J connectivity index is 2.30. The minimum Gasteiger partial charge on any atom is -0.383 e. The fourth-order valence-corrected chi connectivity index (χ4v) is 1.69. The molecule has 0 aromatic heterocycles. The van der Waals surface area contributed by atoms with Gasteiger partial charge in [0.25, 0.3) is 0 Å². The number of nitrogens with one attached hydrogen (secondary N) is 3. The van der Waals surface area contributed by atoms with Gasteiger partial charge in [-0.05, 0) is 6.92 Å². The Hall–Kier alpha value is -1.83. The Morgan fingerprint density at radius 3 is 2.84 bits per heavy atom. The standard InChI is InChI=1S/C11H21N5O3/c1-8(7-19-3)15-10(12-2)13-4-5-16-9(17)6-14-11(16)18/h8H,4-7H2,1-3H3,(H,14,18)(H2,12,13,15). The molecule has 1 rings (SSSR count). The smallest absolute Gasteiger partial charge is 0.324 e. The maximum Gasteiger partial charge on any atom is 0.324 e. The van der Waals surface area contributed by atoms with Crippen molar-refractivity contribution in [3.8, 4) is 0 Å². The zero-order valence-electron chi connectivity index (χ0n) is 11.5. The first-order chi connectivity index (χ1) is 9.08. The Morgan fingerprint density at radius 2 is 2.32 bits per heavy atom. The number of nitrogens with zero attached hydrogens (tertiary/aromatic N) is 2. The highest BCUT2D eigenvalue weighted by Crippen LogP contribution is 1.96. The minimum absolute atomic E-state index is 0.0800. The van der Waals surface area contributed by atoms with Crippen LogP contribution in [0.2, 0.25) is 0 Å². The molecule has 0 aliphatic carbocycles. The molecule has 1 saturated heterocycles. The summed E-state index contributed by atoms with van der Waals surface area (Å²) in [6.45, 7) is 3.36. The van der Waals surface area contributed by atoms with E-state index in [9.17, 15) is 9.59 Å². The molecule has 8 heteroatoms. The van der Waals surface area contributed by atoms with Gasteiger partial charge in [-0.25, -0.2) is 4.79 Å². The van der Waals surface area contributed by atoms with Gasteiger partial charge in [0.15, 0.2) is 5.96 Å². The van der Waals surface area contributed by atoms with Crippen LogP contribution in [0.3, 0.4) is 0 Å². The lowest BCUT2D eigenvalue weighted by Crippen LogP contribution is -2.46. The topological polar surface area (TPSA) is 95.1 Å². The van der Waals surface area contributed by atoms with Crippen molar-refractivity contribution in [3.05, 3.63) is 0 Å². The van der Waals surface area contributed by atoms with Crippen LogP contribution in [-0.2, 0) is 9.53 Å². The summed E-state index contributed by atoms with van der Waals surface area (Å²) in [7, 11) is 3.29. The van der Waals surface area contributed by atoms with Crippen molar-refractivity contribution in [1.29, 1.82) is 0 Å². The molecule has 0 radical (unpaired) electrons. The average Bonchev–Trinajstić information content (AvgIpc) is 2.69. The van der Waals surface area contributed by atoms with Gasteiger partial charge >= 0.3 is 6.03 Å². The van der Waals surface area contributed by atoms with Crippen LogP contribution >= 0.6 is 0 Å². The lowest BCUT2D eigenvalue weighted by Gasteiger charge is -2.18. The number of methoxy groups -OCH3 is 1. The lowest BCUT2D eigenvalue weighted by molar-refractivity contribution is -0.124. The molecule has 1 fully saturated rings. The molecule has 8 nitrogen and oxygen atoms in total. The molecule has 3 N–H and O–H groups in total. The molecule has 1 atom stereocenters. The van der Waals surface area contributed by atoms with E-state index in [0.717, 1.165) is 0 Å². The Labute approximate surface area is 112 Å². The van der Waals surface area contributed by atoms with E-state index in [0.29, 0.717) is 25.7 Å². The Morgan fingerprint density at radius 1 is 1.58 bits per heavy atom. The van der Waals surface area contributed by atoms with Crippen molar-refractivity contribution in [2.45, 2.75) is 13.0 Å². The van der Waals surface area contributed by atoms with E-state index < -0.39 is 0 Å². The molecule has 3 amide bonds. The average molecular weight is 271 g/mol. The third-order valence-electron chi connectivity index (χ3n) is 2.59. The van der Waals surface area contributed by atoms with Gasteiger partial charge in [0, 0.05) is 33.3 Å². The number of hydrogen-bond acceptors (Lipinski definition) is 4. The molecule has 1 heterocycles. The van der Waals surface area contributed by atoms with Crippen LogP contribution in [0.1, 0.15) is 6.92 Å². The van der Waals surface area contributed by atoms with Crippen LogP contribution in [-0.4, -0.2) is 69.2 Å². The van der Waals surface area contributed by atoms with E-state index in [1.807, 2.05) is 6.92 Å². The predicted molar refractivity (Wildman–Crippen MR) is 70.9 cm³/mol. The van der Waals surface area contributed by atoms with Crippen LogP contribution < -0.4 is 16.0 Å². The molecule has 1 aliphatic rings. The number of carbonyl (C=O) groups excluding carboxylic acids is 2. The first kappa shape index (κ1) is 15.2. The van der Waals surface area contributed by atoms with Crippen LogP contribution in [0.15, 0.2) is 4.99 Å². The first-order valence-electron chi connectivity index (χ1n) is 6.12. The fraction of sp³-hybridized carbons (Fsp3) is 0.727. The summed E-state index contributed by atoms with van der Waals surface area (Å²) in [5.41, 5.74) is 0. The second-order valence-corrected chi connectivity index (χ2v) is 4.20. The van der Waals surface area contributed by atoms with Crippen LogP contribution in [0.4, 0.5) is 4.79 Å². The number of aliphatic imine (C=N–C) groups is 1. The Bertz CT molecular complexity index is 342. The van der Waals surface area contributed by atoms with Gasteiger partial charge in [-0.3, -0.25) is 14.7 Å². The maximum atomic E-state index is 11.3. The predicted octanol–water partition coefficient (Wildman–Crippen LogP) is -1.26. The molecule has 0 spiro atoms. The Kier molecular flexibility index (Phi) is 6.07. The molecule has 0 saturated carbocycles. The van der Waals surface area contributed by atoms with E-state index in [-0.39, 0.29) is 24.5 Å². The number of guanidine groups is 1. The lowest BCUT2D eigenvalue weighted by atomic mass is 10.4. The van der Waals surface area contributed by atoms with E-state index in [1.54, 1.807) is 14.2 Å². The highest BCUT2D eigenvalue weighted by molar-refractivity contribution is 6.01. The van der Waals surface area contributed by atoms with Gasteiger partial charge in [-0.1, -0.05) is 0 Å². The fourth-order valence-electron chi connectivity index (χ4n) is 1.69. The maximum absolute atomic E-state index is 11.3. The van der Waals surface area contributed by atoms with E-state index in [1.165, 1.54) is 4.90 Å². The zero-order valence-corrected chi connectivity index (χ0v) is 11.5. The van der Waals surface area contributed by atoms with Gasteiger partial charge in [-0.2, -0.15) is 0 Å². The molecule has 0 bridgehead atoms. The van der Waals surface area contributed by atoms with Crippen molar-refractivity contribution in [2.24, 2.45) is 4.99 Å². The molecule has 1 aliphatic heterocycles. The van der Waals surface area contributed by atoms with Gasteiger partial charge < -0.3 is 20.7 Å². The number of hydrogen-bond donors (Lipinski definition) is 3. The molecule has 0 aromatic carbocycles. The summed E-state index contributed by atoms with van der Waals surface area (Å²) in [4.78, 5) is 27.9. The number of imide groups is 1. The third kappa shape index (κ3) is 4.74. The molecule has 1 unspecified atom stereocenters. The van der Waals surface area contributed by atoms with Gasteiger partial charge in [-0.15, -0.1) is 0 Å². The van der Waals surface area contributed by atoms with Gasteiger partial charge in [0.2, 0.25) is 5.91 Å². The number of urea groups is 1. The summed E-state index contributed by atoms with van der Waals surface area (Å²) >= 11 is 0. The van der Waals surface area contributed by atoms with Crippen molar-refractivity contribution in [2.75, 3.05) is 40.4 Å². The van der Waals surface area contributed by atoms with Crippen molar-refractivity contribution in [3.63, 3.8) is 0 Å². The third-order valence-corrected chi connectivity index (χ3v) is 2.59. The van der Waals surface area contributed by atoms with E-state index >= 15 is 0 Å². The van der Waals surface area contributed by atoms with Gasteiger partial charge in [0.1, 0.15) is 0 Å². The molecule has 108 valence electrons. The number of ether oxygens (including phenoxy) is 1. The van der Waals surface area contributed by atoms with Crippen LogP contribution in [0.25, 0.3) is 0 Å². The summed E-state index contributed by atoms with van der Waals surface area (Å²) in [6, 6.07) is -0.226. The molecule has 19 heavy (non-hydrogen) atoms. The van der Waals surface area contributed by atoms with Gasteiger partial charge in [0.05, 0.1) is 13.2 Å². The first-order valence-corrected chi connectivity index (χ1v) is 6.12. The monoisotopic (exact) mass is 271 g/mol. The van der Waals surface area contributed by atoms with Crippen molar-refractivity contribution in [1.82, 2.24) is 20.9 Å². The molecular formula is C11H21N5O3. The summed E-state index contributed by atoms with van der Waals surface area (Å²) in [6.07, 6.45) is 0. The summed E-state index contributed by atoms with van der Waals surface area (Å²) in [5, 5.41) is 8.63. The largest absolute Gasteiger partial charge is 0.383 e. The number of amides is 3. The second kappa shape index (κ2) is 7.57. The quantitative estimate of drug-likeness (QED) is 0.318. The molecular weight excluding hydrogens is 250 g/mol.